The van der Waals surface area contributed by atoms with Gasteiger partial charge in [-0.25, -0.2) is 0 Å². The van der Waals surface area contributed by atoms with E-state index < -0.39 is 0 Å². The Labute approximate surface area is 163 Å². The molecule has 28 heavy (non-hydrogen) atoms. The largest absolute Gasteiger partial charge is 0.497 e. The number of methoxy groups -OCH3 is 1. The molecule has 0 radical (unpaired) electrons. The summed E-state index contributed by atoms with van der Waals surface area (Å²) in [6.07, 6.45) is 0.966. The Morgan fingerprint density at radius 3 is 2.75 bits per heavy atom. The van der Waals surface area contributed by atoms with Gasteiger partial charge in [-0.15, -0.1) is 0 Å². The van der Waals surface area contributed by atoms with Gasteiger partial charge in [-0.05, 0) is 41.8 Å². The SMILES string of the molecule is COc1ccc(N2CC(C(=O)NCCc3cc4ccccc4[nH]3)CC2=O)cc1. The lowest BCUT2D eigenvalue weighted by atomic mass is 10.1. The maximum atomic E-state index is 12.5. The third-order valence-electron chi connectivity index (χ3n) is 5.16. The second-order valence-electron chi connectivity index (χ2n) is 7.03. The van der Waals surface area contributed by atoms with Crippen molar-refractivity contribution in [3.63, 3.8) is 0 Å². The number of ether oxygens (including phenoxy) is 1. The molecule has 2 amide bonds. The third-order valence-corrected chi connectivity index (χ3v) is 5.16. The monoisotopic (exact) mass is 377 g/mol. The fraction of sp³-hybridized carbons (Fsp3) is 0.273. The first-order valence-corrected chi connectivity index (χ1v) is 9.43. The number of carbonyl (C=O) groups is 2. The second-order valence-corrected chi connectivity index (χ2v) is 7.03. The second kappa shape index (κ2) is 7.76. The fourth-order valence-corrected chi connectivity index (χ4v) is 3.63. The molecule has 2 aromatic carbocycles. The Hall–Kier alpha value is -3.28. The molecule has 1 aliphatic rings. The van der Waals surface area contributed by atoms with Gasteiger partial charge >= 0.3 is 0 Å². The number of carbonyl (C=O) groups excluding carboxylic acids is 2. The van der Waals surface area contributed by atoms with Gasteiger partial charge in [0, 0.05) is 42.8 Å². The Bertz CT molecular complexity index is 961. The van der Waals surface area contributed by atoms with E-state index in [0.29, 0.717) is 13.1 Å². The zero-order chi connectivity index (χ0) is 19.5. The van der Waals surface area contributed by atoms with Crippen LogP contribution in [0.2, 0.25) is 0 Å². The third kappa shape index (κ3) is 3.71. The predicted octanol–water partition coefficient (Wildman–Crippen LogP) is 2.89. The average molecular weight is 377 g/mol. The summed E-state index contributed by atoms with van der Waals surface area (Å²) in [5.41, 5.74) is 2.98. The molecule has 1 saturated heterocycles. The summed E-state index contributed by atoms with van der Waals surface area (Å²) in [6, 6.07) is 17.5. The highest BCUT2D eigenvalue weighted by molar-refractivity contribution is 6.00. The summed E-state index contributed by atoms with van der Waals surface area (Å²) >= 11 is 0. The zero-order valence-corrected chi connectivity index (χ0v) is 15.8. The first kappa shape index (κ1) is 18.1. The van der Waals surface area contributed by atoms with Crippen LogP contribution in [-0.4, -0.2) is 37.0 Å². The van der Waals surface area contributed by atoms with Gasteiger partial charge in [-0.1, -0.05) is 18.2 Å². The molecule has 4 rings (SSSR count). The average Bonchev–Trinajstić information content (AvgIpc) is 3.31. The molecule has 0 saturated carbocycles. The van der Waals surface area contributed by atoms with Gasteiger partial charge in [0.25, 0.3) is 0 Å². The van der Waals surface area contributed by atoms with E-state index in [1.807, 2.05) is 42.5 Å². The molecular formula is C22H23N3O3. The van der Waals surface area contributed by atoms with Crippen molar-refractivity contribution in [2.75, 3.05) is 25.1 Å². The van der Waals surface area contributed by atoms with Crippen molar-refractivity contribution >= 4 is 28.4 Å². The Morgan fingerprint density at radius 2 is 2.00 bits per heavy atom. The van der Waals surface area contributed by atoms with E-state index in [1.165, 1.54) is 5.39 Å². The summed E-state index contributed by atoms with van der Waals surface area (Å²) in [4.78, 5) is 29.9. The van der Waals surface area contributed by atoms with E-state index in [9.17, 15) is 9.59 Å². The van der Waals surface area contributed by atoms with E-state index in [4.69, 9.17) is 4.74 Å². The van der Waals surface area contributed by atoms with Crippen LogP contribution in [0.5, 0.6) is 5.75 Å². The summed E-state index contributed by atoms with van der Waals surface area (Å²) < 4.78 is 5.15. The zero-order valence-electron chi connectivity index (χ0n) is 15.8. The van der Waals surface area contributed by atoms with Gasteiger partial charge < -0.3 is 19.9 Å². The van der Waals surface area contributed by atoms with Crippen LogP contribution in [0.4, 0.5) is 5.69 Å². The Balaban J connectivity index is 1.31. The molecule has 1 atom stereocenters. The van der Waals surface area contributed by atoms with Crippen molar-refractivity contribution in [1.29, 1.82) is 0 Å². The molecule has 0 spiro atoms. The van der Waals surface area contributed by atoms with Gasteiger partial charge in [0.1, 0.15) is 5.75 Å². The highest BCUT2D eigenvalue weighted by Gasteiger charge is 2.34. The molecular weight excluding hydrogens is 354 g/mol. The molecule has 2 N–H and O–H groups in total. The van der Waals surface area contributed by atoms with Crippen LogP contribution in [0.3, 0.4) is 0 Å². The number of para-hydroxylation sites is 1. The van der Waals surface area contributed by atoms with Crippen LogP contribution in [0, 0.1) is 5.92 Å². The minimum atomic E-state index is -0.322. The maximum absolute atomic E-state index is 12.5. The van der Waals surface area contributed by atoms with E-state index in [-0.39, 0.29) is 24.2 Å². The summed E-state index contributed by atoms with van der Waals surface area (Å²) in [7, 11) is 1.60. The predicted molar refractivity (Wildman–Crippen MR) is 108 cm³/mol. The van der Waals surface area contributed by atoms with E-state index >= 15 is 0 Å². The van der Waals surface area contributed by atoms with E-state index in [2.05, 4.69) is 22.4 Å². The van der Waals surface area contributed by atoms with Crippen molar-refractivity contribution in [2.45, 2.75) is 12.8 Å². The number of fused-ring (bicyclic) bond motifs is 1. The van der Waals surface area contributed by atoms with Crippen LogP contribution in [0.25, 0.3) is 10.9 Å². The lowest BCUT2D eigenvalue weighted by molar-refractivity contribution is -0.126. The molecule has 1 unspecified atom stereocenters. The Morgan fingerprint density at radius 1 is 1.21 bits per heavy atom. The van der Waals surface area contributed by atoms with Crippen molar-refractivity contribution in [2.24, 2.45) is 5.92 Å². The first-order valence-electron chi connectivity index (χ1n) is 9.43. The highest BCUT2D eigenvalue weighted by atomic mass is 16.5. The number of nitrogens with zero attached hydrogens (tertiary/aromatic N) is 1. The fourth-order valence-electron chi connectivity index (χ4n) is 3.63. The van der Waals surface area contributed by atoms with Crippen LogP contribution >= 0.6 is 0 Å². The molecule has 6 nitrogen and oxygen atoms in total. The standard InChI is InChI=1S/C22H23N3O3/c1-28-19-8-6-18(7-9-19)25-14-16(13-21(25)26)22(27)23-11-10-17-12-15-4-2-3-5-20(15)24-17/h2-9,12,16,24H,10-11,13-14H2,1H3,(H,23,27). The summed E-state index contributed by atoms with van der Waals surface area (Å²) in [6.45, 7) is 0.947. The van der Waals surface area contributed by atoms with Crippen molar-refractivity contribution in [1.82, 2.24) is 10.3 Å². The number of rotatable bonds is 6. The molecule has 0 aliphatic carbocycles. The lowest BCUT2D eigenvalue weighted by Gasteiger charge is -2.17. The number of benzene rings is 2. The summed E-state index contributed by atoms with van der Waals surface area (Å²) in [5.74, 6) is 0.320. The molecule has 6 heteroatoms. The number of aromatic nitrogens is 1. The molecule has 3 aromatic rings. The van der Waals surface area contributed by atoms with Gasteiger partial charge in [0.05, 0.1) is 13.0 Å². The highest BCUT2D eigenvalue weighted by Crippen LogP contribution is 2.27. The first-order chi connectivity index (χ1) is 13.6. The van der Waals surface area contributed by atoms with Crippen molar-refractivity contribution < 1.29 is 14.3 Å². The minimum absolute atomic E-state index is 0.0269. The number of nitrogens with one attached hydrogen (secondary N) is 2. The quantitative estimate of drug-likeness (QED) is 0.694. The van der Waals surface area contributed by atoms with Crippen molar-refractivity contribution in [3.8, 4) is 5.75 Å². The van der Waals surface area contributed by atoms with E-state index in [1.54, 1.807) is 12.0 Å². The van der Waals surface area contributed by atoms with E-state index in [0.717, 1.165) is 29.1 Å². The lowest BCUT2D eigenvalue weighted by Crippen LogP contribution is -2.34. The number of hydrogen-bond donors (Lipinski definition) is 2. The van der Waals surface area contributed by atoms with Crippen LogP contribution < -0.4 is 15.0 Å². The maximum Gasteiger partial charge on any atom is 0.227 e. The molecule has 0 bridgehead atoms. The number of hydrogen-bond acceptors (Lipinski definition) is 3. The van der Waals surface area contributed by atoms with Gasteiger partial charge in [-0.2, -0.15) is 0 Å². The molecule has 2 heterocycles. The van der Waals surface area contributed by atoms with Gasteiger partial charge in [0.2, 0.25) is 11.8 Å². The van der Waals surface area contributed by atoms with Crippen LogP contribution in [0.1, 0.15) is 12.1 Å². The van der Waals surface area contributed by atoms with Gasteiger partial charge in [-0.3, -0.25) is 9.59 Å². The topological polar surface area (TPSA) is 74.4 Å². The van der Waals surface area contributed by atoms with Gasteiger partial charge in [0.15, 0.2) is 0 Å². The minimum Gasteiger partial charge on any atom is -0.497 e. The smallest absolute Gasteiger partial charge is 0.227 e. The Kier molecular flexibility index (Phi) is 5.02. The number of amides is 2. The normalized spacial score (nSPS) is 16.5. The summed E-state index contributed by atoms with van der Waals surface area (Å²) in [5, 5.41) is 4.14. The van der Waals surface area contributed by atoms with Crippen LogP contribution in [0.15, 0.2) is 54.6 Å². The van der Waals surface area contributed by atoms with Crippen LogP contribution in [-0.2, 0) is 16.0 Å². The molecule has 144 valence electrons. The molecule has 1 aliphatic heterocycles. The number of H-pyrrole nitrogens is 1. The van der Waals surface area contributed by atoms with Crippen molar-refractivity contribution in [3.05, 3.63) is 60.3 Å². The number of anilines is 1. The molecule has 1 aromatic heterocycles. The number of aromatic amines is 1. The molecule has 1 fully saturated rings.